The molecule has 0 unspecified atom stereocenters. The Morgan fingerprint density at radius 1 is 1.31 bits per heavy atom. The van der Waals surface area contributed by atoms with Crippen LogP contribution in [0.2, 0.25) is 0 Å². The number of hydrogen-bond acceptors (Lipinski definition) is 4. The molecule has 0 aliphatic carbocycles. The van der Waals surface area contributed by atoms with Crippen LogP contribution in [0.15, 0.2) is 0 Å². The van der Waals surface area contributed by atoms with Gasteiger partial charge in [0.25, 0.3) is 0 Å². The highest BCUT2D eigenvalue weighted by Gasteiger charge is 2.08. The molecule has 0 aliphatic heterocycles. The lowest BCUT2D eigenvalue weighted by Crippen LogP contribution is -2.23. The van der Waals surface area contributed by atoms with E-state index in [0.29, 0.717) is 6.42 Å². The maximum absolute atomic E-state index is 11.0. The van der Waals surface area contributed by atoms with Crippen molar-refractivity contribution in [1.29, 1.82) is 0 Å². The number of carbonyl (C=O) groups excluding carboxylic acids is 2. The first-order chi connectivity index (χ1) is 6.06. The van der Waals surface area contributed by atoms with Gasteiger partial charge in [0.1, 0.15) is 0 Å². The first kappa shape index (κ1) is 12.4. The highest BCUT2D eigenvalue weighted by molar-refractivity contribution is 8.15. The summed E-state index contributed by atoms with van der Waals surface area (Å²) >= 11 is 0. The zero-order valence-corrected chi connectivity index (χ0v) is 9.19. The maximum atomic E-state index is 11.0. The molecular formula is C8H17NO3S. The number of rotatable bonds is 5. The smallest absolute Gasteiger partial charge is 0.327 e. The molecule has 0 amide bonds. The summed E-state index contributed by atoms with van der Waals surface area (Å²) in [5.74, 6) is -0.110. The Kier molecular flexibility index (Phi) is 6.62. The van der Waals surface area contributed by atoms with Gasteiger partial charge in [-0.3, -0.25) is 20.5 Å². The summed E-state index contributed by atoms with van der Waals surface area (Å²) in [7, 11) is 1.53. The van der Waals surface area contributed by atoms with Gasteiger partial charge in [-0.2, -0.15) is 0 Å². The second kappa shape index (κ2) is 6.91. The third kappa shape index (κ3) is 7.80. The number of thiol groups is 1. The van der Waals surface area contributed by atoms with Crippen LogP contribution in [0.3, 0.4) is 0 Å². The third-order valence-electron chi connectivity index (χ3n) is 1.31. The number of ether oxygens (including phenoxy) is 1. The van der Waals surface area contributed by atoms with Gasteiger partial charge in [0.15, 0.2) is 0 Å². The second-order valence-electron chi connectivity index (χ2n) is 2.93. The van der Waals surface area contributed by atoms with E-state index in [9.17, 15) is 9.59 Å². The Bertz CT molecular complexity index is 182. The van der Waals surface area contributed by atoms with Crippen molar-refractivity contribution >= 4 is 22.8 Å². The summed E-state index contributed by atoms with van der Waals surface area (Å²) in [5, 5.41) is 2.61. The van der Waals surface area contributed by atoms with Gasteiger partial charge in [-0.1, -0.05) is 0 Å². The Hall–Kier alpha value is -0.550. The largest absolute Gasteiger partial charge is 0.392 e. The molecule has 0 fully saturated rings. The van der Waals surface area contributed by atoms with Crippen LogP contribution in [0.4, 0.5) is 0 Å². The zero-order chi connectivity index (χ0) is 10.3. The van der Waals surface area contributed by atoms with Crippen molar-refractivity contribution in [3.63, 3.8) is 0 Å². The molecule has 0 aromatic carbocycles. The van der Waals surface area contributed by atoms with E-state index in [4.69, 9.17) is 0 Å². The molecule has 0 aliphatic rings. The van der Waals surface area contributed by atoms with Crippen LogP contribution in [0, 0.1) is 0 Å². The summed E-state index contributed by atoms with van der Waals surface area (Å²) in [6, 6.07) is 0. The number of hydrogen-bond donors (Lipinski definition) is 2. The van der Waals surface area contributed by atoms with E-state index >= 15 is 0 Å². The molecule has 0 saturated heterocycles. The number of nitrogens with one attached hydrogen (secondary N) is 1. The van der Waals surface area contributed by atoms with Gasteiger partial charge in [0.2, 0.25) is 0 Å². The minimum atomic E-state index is -0.510. The highest BCUT2D eigenvalue weighted by Crippen LogP contribution is 2.14. The normalized spacial score (nSPS) is 10.8. The second-order valence-corrected chi connectivity index (χ2v) is 5.54. The molecule has 78 valence electrons. The molecule has 0 bridgehead atoms. The third-order valence-corrected chi connectivity index (χ3v) is 2.43. The van der Waals surface area contributed by atoms with Crippen LogP contribution < -0.4 is 5.32 Å². The SMILES string of the molecule is CNCC(=O)OC(=O)CC[SH](C)C. The maximum Gasteiger partial charge on any atom is 0.327 e. The van der Waals surface area contributed by atoms with Crippen molar-refractivity contribution in [2.24, 2.45) is 0 Å². The molecule has 0 saturated carbocycles. The molecular weight excluding hydrogens is 190 g/mol. The number of likely N-dealkylation sites (N-methyl/N-ethyl adjacent to an activating group) is 1. The molecule has 0 spiro atoms. The van der Waals surface area contributed by atoms with Crippen LogP contribution in [-0.4, -0.2) is 43.8 Å². The summed E-state index contributed by atoms with van der Waals surface area (Å²) in [4.78, 5) is 21.8. The van der Waals surface area contributed by atoms with Crippen LogP contribution in [0.1, 0.15) is 6.42 Å². The molecule has 13 heavy (non-hydrogen) atoms. The van der Waals surface area contributed by atoms with Gasteiger partial charge >= 0.3 is 11.9 Å². The van der Waals surface area contributed by atoms with Crippen molar-refractivity contribution < 1.29 is 14.3 Å². The van der Waals surface area contributed by atoms with E-state index < -0.39 is 11.9 Å². The predicted octanol–water partition coefficient (Wildman–Crippen LogP) is -0.0735. The summed E-state index contributed by atoms with van der Waals surface area (Å²) in [6.07, 6.45) is 4.50. The lowest BCUT2D eigenvalue weighted by atomic mass is 10.5. The van der Waals surface area contributed by atoms with Gasteiger partial charge in [-0.15, -0.1) is 0 Å². The molecule has 0 heterocycles. The Morgan fingerprint density at radius 3 is 2.38 bits per heavy atom. The van der Waals surface area contributed by atoms with Crippen molar-refractivity contribution in [3.05, 3.63) is 0 Å². The van der Waals surface area contributed by atoms with Gasteiger partial charge in [0.05, 0.1) is 13.0 Å². The van der Waals surface area contributed by atoms with Crippen LogP contribution in [-0.2, 0) is 14.3 Å². The average molecular weight is 207 g/mol. The van der Waals surface area contributed by atoms with E-state index in [1.165, 1.54) is 0 Å². The lowest BCUT2D eigenvalue weighted by Gasteiger charge is -2.07. The minimum Gasteiger partial charge on any atom is -0.392 e. The predicted molar refractivity (Wildman–Crippen MR) is 55.3 cm³/mol. The van der Waals surface area contributed by atoms with Crippen molar-refractivity contribution in [2.75, 3.05) is 31.9 Å². The number of carbonyl (C=O) groups is 2. The Balaban J connectivity index is 3.56. The van der Waals surface area contributed by atoms with E-state index in [0.717, 1.165) is 5.75 Å². The minimum absolute atomic E-state index is 0.0821. The Morgan fingerprint density at radius 2 is 1.92 bits per heavy atom. The molecule has 0 rings (SSSR count). The van der Waals surface area contributed by atoms with Crippen molar-refractivity contribution in [1.82, 2.24) is 5.32 Å². The van der Waals surface area contributed by atoms with E-state index in [1.807, 2.05) is 0 Å². The first-order valence-corrected chi connectivity index (χ1v) is 6.51. The monoisotopic (exact) mass is 207 g/mol. The zero-order valence-electron chi connectivity index (χ0n) is 8.29. The Labute approximate surface area is 81.4 Å². The van der Waals surface area contributed by atoms with Crippen LogP contribution in [0.25, 0.3) is 0 Å². The first-order valence-electron chi connectivity index (χ1n) is 4.09. The fourth-order valence-electron chi connectivity index (χ4n) is 0.673. The van der Waals surface area contributed by atoms with E-state index in [1.54, 1.807) is 7.05 Å². The fourth-order valence-corrected chi connectivity index (χ4v) is 1.30. The van der Waals surface area contributed by atoms with Gasteiger partial charge in [-0.25, -0.2) is 0 Å². The molecule has 0 atom stereocenters. The van der Waals surface area contributed by atoms with E-state index in [-0.39, 0.29) is 17.4 Å². The molecule has 1 N–H and O–H groups in total. The summed E-state index contributed by atoms with van der Waals surface area (Å²) in [6.45, 7) is 0.0821. The average Bonchev–Trinajstić information content (AvgIpc) is 2.01. The van der Waals surface area contributed by atoms with Crippen LogP contribution in [0.5, 0.6) is 0 Å². The summed E-state index contributed by atoms with van der Waals surface area (Å²) < 4.78 is 4.51. The van der Waals surface area contributed by atoms with Gasteiger partial charge in [-0.05, 0) is 25.3 Å². The molecule has 4 nitrogen and oxygen atoms in total. The molecule has 0 aromatic rings. The standard InChI is InChI=1S/C8H17NO3S/c1-9-6-8(11)12-7(10)4-5-13(2)3/h9,13H,4-6H2,1-3H3. The molecule has 0 radical (unpaired) electrons. The van der Waals surface area contributed by atoms with E-state index in [2.05, 4.69) is 22.6 Å². The fraction of sp³-hybridized carbons (Fsp3) is 0.750. The van der Waals surface area contributed by atoms with Crippen molar-refractivity contribution in [3.8, 4) is 0 Å². The van der Waals surface area contributed by atoms with Crippen LogP contribution >= 0.6 is 10.9 Å². The van der Waals surface area contributed by atoms with Gasteiger partial charge < -0.3 is 10.1 Å². The molecule has 5 heteroatoms. The summed E-state index contributed by atoms with van der Waals surface area (Å²) in [5.41, 5.74) is 0. The number of esters is 2. The van der Waals surface area contributed by atoms with Crippen molar-refractivity contribution in [2.45, 2.75) is 6.42 Å². The molecule has 0 aromatic heterocycles. The topological polar surface area (TPSA) is 55.4 Å². The van der Waals surface area contributed by atoms with Gasteiger partial charge in [0, 0.05) is 0 Å². The lowest BCUT2D eigenvalue weighted by molar-refractivity contribution is -0.158. The quantitative estimate of drug-likeness (QED) is 0.376. The highest BCUT2D eigenvalue weighted by atomic mass is 32.2.